The Morgan fingerprint density at radius 3 is 2.50 bits per heavy atom. The highest BCUT2D eigenvalue weighted by Gasteiger charge is 1.99. The maximum atomic E-state index is 10.5. The summed E-state index contributed by atoms with van der Waals surface area (Å²) >= 11 is 0. The van der Waals surface area contributed by atoms with Crippen molar-refractivity contribution in [2.75, 3.05) is 20.1 Å². The van der Waals surface area contributed by atoms with E-state index in [1.165, 1.54) is 0 Å². The number of nitrogens with zero attached hydrogens (tertiary/aromatic N) is 1. The number of rotatable bonds is 3. The van der Waals surface area contributed by atoms with Crippen LogP contribution in [0.1, 0.15) is 6.92 Å². The molecule has 0 bridgehead atoms. The maximum absolute atomic E-state index is 10.5. The first kappa shape index (κ1) is 12.4. The molecule has 62 valence electrons. The van der Waals surface area contributed by atoms with Crippen molar-refractivity contribution in [3.63, 3.8) is 0 Å². The highest BCUT2D eigenvalue weighted by atomic mass is 35.5. The van der Waals surface area contributed by atoms with Gasteiger partial charge in [-0.2, -0.15) is 0 Å². The topological polar surface area (TPSA) is 58.4 Å². The first-order valence-electron chi connectivity index (χ1n) is 2.88. The molecular weight excluding hydrogens is 154 g/mol. The second kappa shape index (κ2) is 6.80. The zero-order chi connectivity index (χ0) is 7.28. The molecule has 0 saturated carbocycles. The Labute approximate surface area is 67.1 Å². The van der Waals surface area contributed by atoms with E-state index in [9.17, 15) is 4.79 Å². The molecule has 0 aliphatic heterocycles. The van der Waals surface area contributed by atoms with Crippen molar-refractivity contribution in [2.24, 2.45) is 5.84 Å². The van der Waals surface area contributed by atoms with E-state index in [0.717, 1.165) is 6.54 Å². The molecule has 10 heavy (non-hydrogen) atoms. The van der Waals surface area contributed by atoms with Crippen LogP contribution >= 0.6 is 12.4 Å². The largest absolute Gasteiger partial charge is 0.298 e. The van der Waals surface area contributed by atoms with Crippen LogP contribution in [0, 0.1) is 0 Å². The molecule has 0 rings (SSSR count). The second-order valence-corrected chi connectivity index (χ2v) is 1.90. The number of hydrazine groups is 1. The highest BCUT2D eigenvalue weighted by Crippen LogP contribution is 1.77. The van der Waals surface area contributed by atoms with Gasteiger partial charge in [-0.1, -0.05) is 6.92 Å². The number of carbonyl (C=O) groups excluding carboxylic acids is 1. The zero-order valence-corrected chi connectivity index (χ0v) is 7.07. The van der Waals surface area contributed by atoms with Gasteiger partial charge in [0.1, 0.15) is 0 Å². The summed E-state index contributed by atoms with van der Waals surface area (Å²) in [6.07, 6.45) is 0. The number of hydrogen-bond acceptors (Lipinski definition) is 3. The molecular formula is C5H14ClN3O. The first-order valence-corrected chi connectivity index (χ1v) is 2.88. The molecule has 0 heterocycles. The number of carbonyl (C=O) groups is 1. The van der Waals surface area contributed by atoms with Gasteiger partial charge in [0.25, 0.3) is 0 Å². The summed E-state index contributed by atoms with van der Waals surface area (Å²) in [5.74, 6) is 4.70. The number of nitrogens with two attached hydrogens (primary N) is 1. The molecule has 1 amide bonds. The van der Waals surface area contributed by atoms with Crippen LogP contribution < -0.4 is 11.3 Å². The third kappa shape index (κ3) is 5.81. The van der Waals surface area contributed by atoms with Crippen LogP contribution in [0.3, 0.4) is 0 Å². The normalized spacial score (nSPS) is 8.80. The lowest BCUT2D eigenvalue weighted by Gasteiger charge is -2.10. The SMILES string of the molecule is CCN(C)CC(=O)NN.Cl. The van der Waals surface area contributed by atoms with Crippen molar-refractivity contribution in [3.8, 4) is 0 Å². The number of likely N-dealkylation sites (N-methyl/N-ethyl adjacent to an activating group) is 1. The van der Waals surface area contributed by atoms with Gasteiger partial charge in [-0.05, 0) is 13.6 Å². The van der Waals surface area contributed by atoms with E-state index in [4.69, 9.17) is 5.84 Å². The number of amides is 1. The van der Waals surface area contributed by atoms with Crippen molar-refractivity contribution in [2.45, 2.75) is 6.92 Å². The molecule has 0 aliphatic rings. The summed E-state index contributed by atoms with van der Waals surface area (Å²) in [6.45, 7) is 3.20. The second-order valence-electron chi connectivity index (χ2n) is 1.90. The van der Waals surface area contributed by atoms with E-state index in [1.807, 2.05) is 24.3 Å². The Bertz CT molecular complexity index is 98.9. The van der Waals surface area contributed by atoms with E-state index >= 15 is 0 Å². The number of hydrogen-bond donors (Lipinski definition) is 2. The smallest absolute Gasteiger partial charge is 0.248 e. The summed E-state index contributed by atoms with van der Waals surface area (Å²) in [5, 5.41) is 0. The van der Waals surface area contributed by atoms with Gasteiger partial charge in [-0.3, -0.25) is 15.1 Å². The van der Waals surface area contributed by atoms with E-state index in [2.05, 4.69) is 0 Å². The molecule has 0 saturated heterocycles. The van der Waals surface area contributed by atoms with Crippen molar-refractivity contribution >= 4 is 18.3 Å². The van der Waals surface area contributed by atoms with Crippen molar-refractivity contribution in [3.05, 3.63) is 0 Å². The van der Waals surface area contributed by atoms with Crippen LogP contribution in [0.2, 0.25) is 0 Å². The molecule has 3 N–H and O–H groups in total. The predicted molar refractivity (Wildman–Crippen MR) is 42.7 cm³/mol. The molecule has 0 fully saturated rings. The number of nitrogens with one attached hydrogen (secondary N) is 1. The molecule has 0 radical (unpaired) electrons. The van der Waals surface area contributed by atoms with Crippen LogP contribution in [-0.4, -0.2) is 30.9 Å². The molecule has 0 aromatic heterocycles. The average molecular weight is 168 g/mol. The van der Waals surface area contributed by atoms with Gasteiger partial charge in [0.05, 0.1) is 6.54 Å². The highest BCUT2D eigenvalue weighted by molar-refractivity contribution is 5.85. The van der Waals surface area contributed by atoms with Gasteiger partial charge in [0, 0.05) is 0 Å². The Kier molecular flexibility index (Phi) is 8.40. The fourth-order valence-electron chi connectivity index (χ4n) is 0.403. The van der Waals surface area contributed by atoms with Crippen molar-refractivity contribution in [1.82, 2.24) is 10.3 Å². The molecule has 0 aromatic carbocycles. The summed E-state index contributed by atoms with van der Waals surface area (Å²) in [7, 11) is 1.86. The molecule has 5 heteroatoms. The third-order valence-electron chi connectivity index (χ3n) is 1.11. The van der Waals surface area contributed by atoms with Gasteiger partial charge < -0.3 is 0 Å². The monoisotopic (exact) mass is 167 g/mol. The molecule has 0 unspecified atom stereocenters. The molecule has 0 atom stereocenters. The van der Waals surface area contributed by atoms with Crippen molar-refractivity contribution in [1.29, 1.82) is 0 Å². The van der Waals surface area contributed by atoms with Crippen molar-refractivity contribution < 1.29 is 4.79 Å². The Morgan fingerprint density at radius 1 is 1.70 bits per heavy atom. The van der Waals surface area contributed by atoms with Crippen LogP contribution in [0.5, 0.6) is 0 Å². The minimum Gasteiger partial charge on any atom is -0.298 e. The van der Waals surface area contributed by atoms with E-state index in [0.29, 0.717) is 6.54 Å². The van der Waals surface area contributed by atoms with E-state index in [1.54, 1.807) is 0 Å². The van der Waals surface area contributed by atoms with Gasteiger partial charge in [0.15, 0.2) is 0 Å². The third-order valence-corrected chi connectivity index (χ3v) is 1.11. The summed E-state index contributed by atoms with van der Waals surface area (Å²) in [4.78, 5) is 12.4. The minimum absolute atomic E-state index is 0. The van der Waals surface area contributed by atoms with Gasteiger partial charge in [-0.15, -0.1) is 12.4 Å². The van der Waals surface area contributed by atoms with E-state index in [-0.39, 0.29) is 18.3 Å². The number of halogens is 1. The summed E-state index contributed by atoms with van der Waals surface area (Å²) < 4.78 is 0. The average Bonchev–Trinajstić information content (AvgIpc) is 1.87. The van der Waals surface area contributed by atoms with Gasteiger partial charge in [0.2, 0.25) is 5.91 Å². The molecule has 0 aromatic rings. The lowest BCUT2D eigenvalue weighted by atomic mass is 10.5. The summed E-state index contributed by atoms with van der Waals surface area (Å²) in [6, 6.07) is 0. The maximum Gasteiger partial charge on any atom is 0.248 e. The summed E-state index contributed by atoms with van der Waals surface area (Å²) in [5.41, 5.74) is 2.05. The zero-order valence-electron chi connectivity index (χ0n) is 6.26. The fraction of sp³-hybridized carbons (Fsp3) is 0.800. The first-order chi connectivity index (χ1) is 4.20. The van der Waals surface area contributed by atoms with Crippen LogP contribution in [-0.2, 0) is 4.79 Å². The quantitative estimate of drug-likeness (QED) is 0.334. The molecule has 0 aliphatic carbocycles. The lowest BCUT2D eigenvalue weighted by Crippen LogP contribution is -2.38. The Hall–Kier alpha value is -0.320. The Balaban J connectivity index is 0. The fourth-order valence-corrected chi connectivity index (χ4v) is 0.403. The van der Waals surface area contributed by atoms with Crippen LogP contribution in [0.4, 0.5) is 0 Å². The predicted octanol–water partition coefficient (Wildman–Crippen LogP) is -0.650. The van der Waals surface area contributed by atoms with Gasteiger partial charge in [-0.25, -0.2) is 5.84 Å². The minimum atomic E-state index is -0.153. The van der Waals surface area contributed by atoms with Gasteiger partial charge >= 0.3 is 0 Å². The van der Waals surface area contributed by atoms with Crippen LogP contribution in [0.15, 0.2) is 0 Å². The van der Waals surface area contributed by atoms with E-state index < -0.39 is 0 Å². The molecule has 0 spiro atoms. The standard InChI is InChI=1S/C5H13N3O.ClH/c1-3-8(2)4-5(9)7-6;/h3-4,6H2,1-2H3,(H,7,9);1H. The lowest BCUT2D eigenvalue weighted by molar-refractivity contribution is -0.121. The Morgan fingerprint density at radius 2 is 2.20 bits per heavy atom. The van der Waals surface area contributed by atoms with Crippen LogP contribution in [0.25, 0.3) is 0 Å². The molecule has 4 nitrogen and oxygen atoms in total.